The summed E-state index contributed by atoms with van der Waals surface area (Å²) in [6, 6.07) is 14.9. The van der Waals surface area contributed by atoms with Gasteiger partial charge in [0.2, 0.25) is 5.91 Å². The zero-order chi connectivity index (χ0) is 31.4. The van der Waals surface area contributed by atoms with Crippen LogP contribution in [0.25, 0.3) is 56.0 Å². The quantitative estimate of drug-likeness (QED) is 0.195. The summed E-state index contributed by atoms with van der Waals surface area (Å²) in [5.74, 6) is -0.318. The van der Waals surface area contributed by atoms with Crippen molar-refractivity contribution in [2.45, 2.75) is 26.1 Å². The van der Waals surface area contributed by atoms with Crippen molar-refractivity contribution in [3.63, 3.8) is 0 Å². The van der Waals surface area contributed by atoms with Gasteiger partial charge in [-0.2, -0.15) is 5.10 Å². The Bertz CT molecular complexity index is 2180. The number of H-pyrrole nitrogens is 2. The van der Waals surface area contributed by atoms with Gasteiger partial charge in [0, 0.05) is 29.0 Å². The lowest BCUT2D eigenvalue weighted by Crippen LogP contribution is -2.27. The van der Waals surface area contributed by atoms with Crippen LogP contribution in [-0.2, 0) is 14.6 Å². The van der Waals surface area contributed by atoms with Crippen LogP contribution in [0.1, 0.15) is 31.7 Å². The third-order valence-electron chi connectivity index (χ3n) is 7.14. The number of aromatic amines is 2. The van der Waals surface area contributed by atoms with Gasteiger partial charge in [-0.25, -0.2) is 22.8 Å². The fourth-order valence-corrected chi connectivity index (χ4v) is 5.38. The predicted octanol–water partition coefficient (Wildman–Crippen LogP) is 5.36. The number of imidazole rings is 1. The molecule has 0 aliphatic heterocycles. The molecule has 5 N–H and O–H groups in total. The fraction of sp³-hybridized carbons (Fsp3) is 0.194. The lowest BCUT2D eigenvalue weighted by molar-refractivity contribution is -0.123. The zero-order valence-corrected chi connectivity index (χ0v) is 25.1. The second-order valence-electron chi connectivity index (χ2n) is 11.6. The Kier molecular flexibility index (Phi) is 7.01. The number of sulfone groups is 1. The second kappa shape index (κ2) is 10.6. The molecule has 4 heterocycles. The number of pyridine rings is 2. The molecule has 0 radical (unpaired) electrons. The van der Waals surface area contributed by atoms with Crippen molar-refractivity contribution in [1.82, 2.24) is 30.1 Å². The summed E-state index contributed by atoms with van der Waals surface area (Å²) in [6.45, 7) is 5.50. The molecule has 2 aromatic carbocycles. The zero-order valence-electron chi connectivity index (χ0n) is 24.3. The number of para-hydroxylation sites is 1. The average Bonchev–Trinajstić information content (AvgIpc) is 3.59. The smallest absolute Gasteiger partial charge is 0.229 e. The van der Waals surface area contributed by atoms with Crippen LogP contribution >= 0.6 is 0 Å². The number of benzene rings is 2. The van der Waals surface area contributed by atoms with E-state index in [4.69, 9.17) is 15.7 Å². The molecule has 224 valence electrons. The van der Waals surface area contributed by atoms with Crippen LogP contribution in [0.5, 0.6) is 0 Å². The van der Waals surface area contributed by atoms with Crippen molar-refractivity contribution in [1.29, 1.82) is 0 Å². The van der Waals surface area contributed by atoms with Crippen molar-refractivity contribution >= 4 is 43.5 Å². The van der Waals surface area contributed by atoms with Gasteiger partial charge in [-0.15, -0.1) is 0 Å². The molecule has 0 saturated carbocycles. The number of carbonyl (C=O) groups is 1. The van der Waals surface area contributed by atoms with Crippen molar-refractivity contribution in [3.05, 3.63) is 78.4 Å². The number of amides is 1. The van der Waals surface area contributed by atoms with Crippen molar-refractivity contribution in [2.24, 2.45) is 11.1 Å². The van der Waals surface area contributed by atoms with E-state index in [1.165, 1.54) is 6.07 Å². The Balaban J connectivity index is 1.40. The number of fused-ring (bicyclic) bond motifs is 2. The summed E-state index contributed by atoms with van der Waals surface area (Å²) in [6.07, 6.45) is 4.25. The fourth-order valence-electron chi connectivity index (χ4n) is 4.75. The van der Waals surface area contributed by atoms with Gasteiger partial charge < -0.3 is 16.0 Å². The van der Waals surface area contributed by atoms with Gasteiger partial charge >= 0.3 is 0 Å². The Hall–Kier alpha value is -5.01. The molecule has 6 aromatic rings. The Labute approximate surface area is 252 Å². The molecule has 11 nitrogen and oxygen atoms in total. The van der Waals surface area contributed by atoms with E-state index in [1.54, 1.807) is 36.7 Å². The number of carbonyl (C=O) groups excluding carboxylic acids is 1. The molecule has 0 aliphatic carbocycles. The van der Waals surface area contributed by atoms with Gasteiger partial charge in [-0.1, -0.05) is 32.9 Å². The minimum atomic E-state index is -3.65. The van der Waals surface area contributed by atoms with Crippen LogP contribution in [0.15, 0.2) is 67.0 Å². The Morgan fingerprint density at radius 3 is 2.52 bits per heavy atom. The summed E-state index contributed by atoms with van der Waals surface area (Å²) in [4.78, 5) is 29.7. The number of hydrogen-bond donors (Lipinski definition) is 4. The summed E-state index contributed by atoms with van der Waals surface area (Å²) < 4.78 is 38.8. The van der Waals surface area contributed by atoms with Crippen LogP contribution < -0.4 is 11.1 Å². The minimum Gasteiger partial charge on any atom is -0.336 e. The molecular weight excluding hydrogens is 583 g/mol. The topological polar surface area (TPSA) is 172 Å². The highest BCUT2D eigenvalue weighted by Crippen LogP contribution is 2.34. The number of nitrogens with zero attached hydrogens (tertiary/aromatic N) is 4. The van der Waals surface area contributed by atoms with Gasteiger partial charge in [0.15, 0.2) is 21.4 Å². The molecule has 1 unspecified atom stereocenters. The van der Waals surface area contributed by atoms with Gasteiger partial charge in [0.05, 0.1) is 34.1 Å². The predicted molar refractivity (Wildman–Crippen MR) is 167 cm³/mol. The van der Waals surface area contributed by atoms with Crippen molar-refractivity contribution < 1.29 is 17.6 Å². The number of anilines is 1. The van der Waals surface area contributed by atoms with Crippen LogP contribution in [0.2, 0.25) is 0 Å². The van der Waals surface area contributed by atoms with E-state index in [9.17, 15) is 17.6 Å². The van der Waals surface area contributed by atoms with Crippen LogP contribution in [0.4, 0.5) is 10.1 Å². The van der Waals surface area contributed by atoms with Crippen LogP contribution in [0, 0.1) is 11.2 Å². The number of hydrogen-bond acceptors (Lipinski definition) is 8. The summed E-state index contributed by atoms with van der Waals surface area (Å²) in [5, 5.41) is 8.97. The maximum atomic E-state index is 14.7. The standard InChI is InChI=1S/C31H29FN8O3S/c1-31(2,3)30(41)35-20-13-18(14-34-15-20)22-8-9-24-26(36-22)27(40-39-24)29-37-23-7-5-6-21(25(23)38-29)16-10-17(12-19(32)11-16)28(33)44(4,42)43/h5-15,28H,33H2,1-4H3,(H,35,41)(H,37,38)(H,39,40). The van der Waals surface area contributed by atoms with Crippen molar-refractivity contribution in [2.75, 3.05) is 11.6 Å². The van der Waals surface area contributed by atoms with Gasteiger partial charge in [0.25, 0.3) is 0 Å². The summed E-state index contributed by atoms with van der Waals surface area (Å²) >= 11 is 0. The maximum Gasteiger partial charge on any atom is 0.229 e. The molecule has 0 spiro atoms. The molecule has 13 heteroatoms. The summed E-state index contributed by atoms with van der Waals surface area (Å²) in [7, 11) is -3.65. The SMILES string of the molecule is CC(C)(C)C(=O)Nc1cncc(-c2ccc3[nH]nc(-c4nc5c(-c6cc(F)cc(C(N)S(C)(=O)=O)c6)cccc5[nH]4)c3n2)c1. The highest BCUT2D eigenvalue weighted by molar-refractivity contribution is 7.90. The minimum absolute atomic E-state index is 0.131. The number of nitrogens with one attached hydrogen (secondary N) is 3. The van der Waals surface area contributed by atoms with E-state index in [-0.39, 0.29) is 11.5 Å². The van der Waals surface area contributed by atoms with E-state index in [0.29, 0.717) is 61.7 Å². The number of halogens is 1. The van der Waals surface area contributed by atoms with Crippen molar-refractivity contribution in [3.8, 4) is 33.9 Å². The molecule has 1 atom stereocenters. The lowest BCUT2D eigenvalue weighted by Gasteiger charge is -2.17. The van der Waals surface area contributed by atoms with E-state index in [1.807, 2.05) is 39.0 Å². The third kappa shape index (κ3) is 5.54. The largest absolute Gasteiger partial charge is 0.336 e. The number of rotatable bonds is 6. The first-order valence-electron chi connectivity index (χ1n) is 13.6. The van der Waals surface area contributed by atoms with Gasteiger partial charge in [-0.05, 0) is 53.6 Å². The highest BCUT2D eigenvalue weighted by Gasteiger charge is 2.23. The van der Waals surface area contributed by atoms with Crippen LogP contribution in [-0.4, -0.2) is 50.7 Å². The lowest BCUT2D eigenvalue weighted by atomic mass is 9.95. The second-order valence-corrected chi connectivity index (χ2v) is 13.8. The van der Waals surface area contributed by atoms with E-state index in [2.05, 4.69) is 25.5 Å². The average molecular weight is 613 g/mol. The van der Waals surface area contributed by atoms with E-state index < -0.39 is 26.4 Å². The Morgan fingerprint density at radius 2 is 1.77 bits per heavy atom. The number of nitrogens with two attached hydrogens (primary N) is 1. The molecule has 0 saturated heterocycles. The normalized spacial score (nSPS) is 13.0. The molecule has 0 bridgehead atoms. The molecule has 1 amide bonds. The molecular formula is C31H29FN8O3S. The molecule has 44 heavy (non-hydrogen) atoms. The van der Waals surface area contributed by atoms with Gasteiger partial charge in [-0.3, -0.25) is 14.9 Å². The molecule has 0 aliphatic rings. The van der Waals surface area contributed by atoms with E-state index in [0.717, 1.165) is 12.3 Å². The monoisotopic (exact) mass is 612 g/mol. The first-order chi connectivity index (χ1) is 20.8. The first kappa shape index (κ1) is 29.1. The Morgan fingerprint density at radius 1 is 0.977 bits per heavy atom. The molecule has 6 rings (SSSR count). The molecule has 0 fully saturated rings. The first-order valence-corrected chi connectivity index (χ1v) is 15.6. The van der Waals surface area contributed by atoms with E-state index >= 15 is 0 Å². The highest BCUT2D eigenvalue weighted by atomic mass is 32.2. The number of aromatic nitrogens is 6. The molecule has 4 aromatic heterocycles. The van der Waals surface area contributed by atoms with Gasteiger partial charge in [0.1, 0.15) is 16.7 Å². The van der Waals surface area contributed by atoms with Crippen LogP contribution in [0.3, 0.4) is 0 Å². The summed E-state index contributed by atoms with van der Waals surface area (Å²) in [5.41, 5.74) is 11.3. The third-order valence-corrected chi connectivity index (χ3v) is 8.33. The maximum absolute atomic E-state index is 14.7.